The molecular formula is C13H12BrN3O. The molecule has 2 rings (SSSR count). The highest BCUT2D eigenvalue weighted by molar-refractivity contribution is 9.10. The quantitative estimate of drug-likeness (QED) is 0.675. The van der Waals surface area contributed by atoms with Crippen molar-refractivity contribution in [3.63, 3.8) is 0 Å². The molecule has 0 unspecified atom stereocenters. The molecule has 2 aromatic rings. The van der Waals surface area contributed by atoms with E-state index in [2.05, 4.69) is 20.9 Å². The Labute approximate surface area is 113 Å². The van der Waals surface area contributed by atoms with Crippen molar-refractivity contribution in [2.45, 2.75) is 6.92 Å². The summed E-state index contributed by atoms with van der Waals surface area (Å²) in [6.07, 6.45) is 1.52. The molecular weight excluding hydrogens is 294 g/mol. The van der Waals surface area contributed by atoms with E-state index in [-0.39, 0.29) is 5.84 Å². The highest BCUT2D eigenvalue weighted by Gasteiger charge is 2.02. The summed E-state index contributed by atoms with van der Waals surface area (Å²) in [6, 6.07) is 9.10. The predicted molar refractivity (Wildman–Crippen MR) is 74.2 cm³/mol. The van der Waals surface area contributed by atoms with Crippen LogP contribution in [0.1, 0.15) is 11.1 Å². The summed E-state index contributed by atoms with van der Waals surface area (Å²) >= 11 is 3.43. The third-order valence-electron chi connectivity index (χ3n) is 2.40. The summed E-state index contributed by atoms with van der Waals surface area (Å²) in [5.41, 5.74) is 7.02. The van der Waals surface area contributed by atoms with E-state index < -0.39 is 0 Å². The Kier molecular flexibility index (Phi) is 3.62. The standard InChI is InChI=1S/C13H12BrN3O/c1-8-6-10(3-4-11(8)14)18-12-5-2-9(7-17-12)13(15)16/h2-7H,1H3,(H3,15,16). The largest absolute Gasteiger partial charge is 0.439 e. The molecule has 0 saturated heterocycles. The molecule has 0 radical (unpaired) electrons. The summed E-state index contributed by atoms with van der Waals surface area (Å²) in [6.45, 7) is 1.99. The first-order valence-corrected chi connectivity index (χ1v) is 6.10. The number of halogens is 1. The maximum Gasteiger partial charge on any atom is 0.219 e. The molecule has 4 nitrogen and oxygen atoms in total. The monoisotopic (exact) mass is 305 g/mol. The molecule has 5 heteroatoms. The molecule has 0 bridgehead atoms. The Hall–Kier alpha value is -1.88. The Morgan fingerprint density at radius 1 is 1.33 bits per heavy atom. The first-order chi connectivity index (χ1) is 8.56. The molecule has 92 valence electrons. The number of nitrogen functional groups attached to an aromatic ring is 1. The predicted octanol–water partition coefficient (Wildman–Crippen LogP) is 3.23. The highest BCUT2D eigenvalue weighted by Crippen LogP contribution is 2.25. The number of hydrogen-bond donors (Lipinski definition) is 2. The zero-order valence-corrected chi connectivity index (χ0v) is 11.4. The average molecular weight is 306 g/mol. The van der Waals surface area contributed by atoms with Gasteiger partial charge in [-0.1, -0.05) is 15.9 Å². The van der Waals surface area contributed by atoms with Crippen LogP contribution in [0.25, 0.3) is 0 Å². The van der Waals surface area contributed by atoms with Crippen molar-refractivity contribution in [1.29, 1.82) is 5.41 Å². The van der Waals surface area contributed by atoms with Gasteiger partial charge >= 0.3 is 0 Å². The Bertz CT molecular complexity index is 581. The van der Waals surface area contributed by atoms with Crippen molar-refractivity contribution in [3.05, 3.63) is 52.1 Å². The smallest absolute Gasteiger partial charge is 0.219 e. The van der Waals surface area contributed by atoms with Crippen molar-refractivity contribution >= 4 is 21.8 Å². The van der Waals surface area contributed by atoms with Gasteiger partial charge in [-0.25, -0.2) is 4.98 Å². The van der Waals surface area contributed by atoms with Crippen molar-refractivity contribution in [3.8, 4) is 11.6 Å². The molecule has 0 saturated carbocycles. The molecule has 18 heavy (non-hydrogen) atoms. The zero-order valence-electron chi connectivity index (χ0n) is 9.77. The van der Waals surface area contributed by atoms with Crippen LogP contribution in [0.3, 0.4) is 0 Å². The Morgan fingerprint density at radius 2 is 2.11 bits per heavy atom. The van der Waals surface area contributed by atoms with E-state index in [1.54, 1.807) is 12.1 Å². The summed E-state index contributed by atoms with van der Waals surface area (Å²) in [7, 11) is 0. The molecule has 3 N–H and O–H groups in total. The first kappa shape index (κ1) is 12.6. The van der Waals surface area contributed by atoms with Crippen LogP contribution in [0.4, 0.5) is 0 Å². The van der Waals surface area contributed by atoms with Crippen molar-refractivity contribution in [1.82, 2.24) is 4.98 Å². The van der Waals surface area contributed by atoms with Crippen LogP contribution in [-0.2, 0) is 0 Å². The third kappa shape index (κ3) is 2.87. The minimum absolute atomic E-state index is 0.00599. The van der Waals surface area contributed by atoms with Crippen LogP contribution in [0.2, 0.25) is 0 Å². The lowest BCUT2D eigenvalue weighted by atomic mass is 10.2. The first-order valence-electron chi connectivity index (χ1n) is 5.31. The second kappa shape index (κ2) is 5.18. The van der Waals surface area contributed by atoms with Gasteiger partial charge in [-0.2, -0.15) is 0 Å². The van der Waals surface area contributed by atoms with Gasteiger partial charge in [0.2, 0.25) is 5.88 Å². The number of pyridine rings is 1. The number of nitrogens with one attached hydrogen (secondary N) is 1. The third-order valence-corrected chi connectivity index (χ3v) is 3.29. The minimum Gasteiger partial charge on any atom is -0.439 e. The Morgan fingerprint density at radius 3 is 2.67 bits per heavy atom. The van der Waals surface area contributed by atoms with E-state index in [4.69, 9.17) is 15.9 Å². The molecule has 0 atom stereocenters. The summed E-state index contributed by atoms with van der Waals surface area (Å²) < 4.78 is 6.64. The van der Waals surface area contributed by atoms with E-state index in [0.717, 1.165) is 15.8 Å². The number of aromatic nitrogens is 1. The normalized spacial score (nSPS) is 10.1. The lowest BCUT2D eigenvalue weighted by Crippen LogP contribution is -2.11. The number of benzene rings is 1. The van der Waals surface area contributed by atoms with Gasteiger partial charge in [-0.15, -0.1) is 0 Å². The second-order valence-corrected chi connectivity index (χ2v) is 4.67. The number of hydrogen-bond acceptors (Lipinski definition) is 3. The molecule has 0 aliphatic carbocycles. The molecule has 0 amide bonds. The van der Waals surface area contributed by atoms with Crippen molar-refractivity contribution in [2.75, 3.05) is 0 Å². The second-order valence-electron chi connectivity index (χ2n) is 3.81. The lowest BCUT2D eigenvalue weighted by molar-refractivity contribution is 0.462. The molecule has 0 spiro atoms. The lowest BCUT2D eigenvalue weighted by Gasteiger charge is -2.07. The summed E-state index contributed by atoms with van der Waals surface area (Å²) in [5.74, 6) is 1.19. The van der Waals surface area contributed by atoms with E-state index in [1.165, 1.54) is 6.20 Å². The van der Waals surface area contributed by atoms with Gasteiger partial charge in [-0.3, -0.25) is 5.41 Å². The zero-order chi connectivity index (χ0) is 13.1. The van der Waals surface area contributed by atoms with E-state index in [9.17, 15) is 0 Å². The van der Waals surface area contributed by atoms with E-state index >= 15 is 0 Å². The van der Waals surface area contributed by atoms with Crippen LogP contribution in [0, 0.1) is 12.3 Å². The fraction of sp³-hybridized carbons (Fsp3) is 0.0769. The van der Waals surface area contributed by atoms with Gasteiger partial charge in [0.05, 0.1) is 0 Å². The highest BCUT2D eigenvalue weighted by atomic mass is 79.9. The van der Waals surface area contributed by atoms with E-state index in [0.29, 0.717) is 11.4 Å². The summed E-state index contributed by atoms with van der Waals surface area (Å²) in [5, 5.41) is 7.27. The number of nitrogens with two attached hydrogens (primary N) is 1. The molecule has 0 fully saturated rings. The SMILES string of the molecule is Cc1cc(Oc2ccc(C(=N)N)cn2)ccc1Br. The fourth-order valence-electron chi connectivity index (χ4n) is 1.40. The topological polar surface area (TPSA) is 72.0 Å². The van der Waals surface area contributed by atoms with Crippen molar-refractivity contribution in [2.24, 2.45) is 5.73 Å². The minimum atomic E-state index is -0.00599. The van der Waals surface area contributed by atoms with Crippen LogP contribution in [0.15, 0.2) is 41.0 Å². The van der Waals surface area contributed by atoms with Gasteiger partial charge in [0, 0.05) is 22.3 Å². The van der Waals surface area contributed by atoms with E-state index in [1.807, 2.05) is 25.1 Å². The molecule has 1 aromatic heterocycles. The number of nitrogens with zero attached hydrogens (tertiary/aromatic N) is 1. The number of aryl methyl sites for hydroxylation is 1. The number of rotatable bonds is 3. The Balaban J connectivity index is 2.18. The van der Waals surface area contributed by atoms with Crippen LogP contribution in [-0.4, -0.2) is 10.8 Å². The van der Waals surface area contributed by atoms with Gasteiger partial charge in [-0.05, 0) is 36.8 Å². The number of amidine groups is 1. The van der Waals surface area contributed by atoms with Gasteiger partial charge < -0.3 is 10.5 Å². The number of ether oxygens (including phenoxy) is 1. The molecule has 1 aromatic carbocycles. The molecule has 0 aliphatic rings. The van der Waals surface area contributed by atoms with Gasteiger partial charge in [0.25, 0.3) is 0 Å². The van der Waals surface area contributed by atoms with Gasteiger partial charge in [0.1, 0.15) is 11.6 Å². The molecule has 0 aliphatic heterocycles. The fourth-order valence-corrected chi connectivity index (χ4v) is 1.65. The van der Waals surface area contributed by atoms with Crippen LogP contribution < -0.4 is 10.5 Å². The van der Waals surface area contributed by atoms with Crippen molar-refractivity contribution < 1.29 is 4.74 Å². The van der Waals surface area contributed by atoms with Crippen LogP contribution >= 0.6 is 15.9 Å². The van der Waals surface area contributed by atoms with Crippen LogP contribution in [0.5, 0.6) is 11.6 Å². The van der Waals surface area contributed by atoms with Gasteiger partial charge in [0.15, 0.2) is 0 Å². The maximum absolute atomic E-state index is 7.27. The summed E-state index contributed by atoms with van der Waals surface area (Å²) in [4.78, 5) is 4.09. The maximum atomic E-state index is 7.27. The molecule has 1 heterocycles. The average Bonchev–Trinajstić information content (AvgIpc) is 2.34.